The minimum absolute atomic E-state index is 0. The fourth-order valence-corrected chi connectivity index (χ4v) is 4.73. The van der Waals surface area contributed by atoms with Crippen molar-refractivity contribution in [2.24, 2.45) is 17.6 Å². The number of carbonyl (C=O) groups is 2. The van der Waals surface area contributed by atoms with E-state index >= 15 is 0 Å². The molecule has 12 heteroatoms. The lowest BCUT2D eigenvalue weighted by atomic mass is 10.0. The van der Waals surface area contributed by atoms with Gasteiger partial charge >= 0.3 is 6.61 Å². The van der Waals surface area contributed by atoms with Crippen LogP contribution in [-0.4, -0.2) is 70.7 Å². The summed E-state index contributed by atoms with van der Waals surface area (Å²) in [5.41, 5.74) is 5.58. The van der Waals surface area contributed by atoms with Crippen molar-refractivity contribution in [3.63, 3.8) is 0 Å². The molecule has 1 aromatic carbocycles. The van der Waals surface area contributed by atoms with E-state index in [0.717, 1.165) is 19.6 Å². The van der Waals surface area contributed by atoms with E-state index in [9.17, 15) is 18.4 Å². The number of nitrogens with two attached hydrogens (primary N) is 1. The van der Waals surface area contributed by atoms with Gasteiger partial charge < -0.3 is 20.3 Å². The quantitative estimate of drug-likeness (QED) is 0.626. The number of hydrogen-bond donors (Lipinski definition) is 1. The molecule has 0 radical (unpaired) electrons. The number of amides is 2. The van der Waals surface area contributed by atoms with Crippen molar-refractivity contribution in [1.29, 1.82) is 0 Å². The Hall–Kier alpha value is -2.43. The number of rotatable bonds is 7. The number of benzene rings is 1. The fraction of sp³-hybridized carbons (Fsp3) is 0.476. The van der Waals surface area contributed by atoms with Crippen LogP contribution >= 0.6 is 24.0 Å². The van der Waals surface area contributed by atoms with Crippen LogP contribution in [-0.2, 0) is 11.3 Å². The molecule has 2 fully saturated rings. The first-order valence-corrected chi connectivity index (χ1v) is 10.7. The Labute approximate surface area is 201 Å². The lowest BCUT2D eigenvalue weighted by Crippen LogP contribution is -2.35. The van der Waals surface area contributed by atoms with Crippen LogP contribution in [0.1, 0.15) is 17.3 Å². The smallest absolute Gasteiger partial charge is 0.387 e. The van der Waals surface area contributed by atoms with E-state index < -0.39 is 12.5 Å². The SMILES string of the molecule is CCN1CC2CN(C(=O)Cn3cc(C(N)=O)c(-c4cc(Cl)ccc4OC(F)F)n3)CC2C1.Cl. The monoisotopic (exact) mass is 503 g/mol. The first-order valence-electron chi connectivity index (χ1n) is 10.4. The lowest BCUT2D eigenvalue weighted by molar-refractivity contribution is -0.131. The maximum Gasteiger partial charge on any atom is 0.387 e. The Bertz CT molecular complexity index is 1020. The molecule has 4 rings (SSSR count). The second-order valence-electron chi connectivity index (χ2n) is 8.14. The summed E-state index contributed by atoms with van der Waals surface area (Å²) in [6.07, 6.45) is 1.35. The Morgan fingerprint density at radius 1 is 1.24 bits per heavy atom. The molecule has 2 unspecified atom stereocenters. The Balaban J connectivity index is 0.00000306. The third-order valence-electron chi connectivity index (χ3n) is 6.10. The van der Waals surface area contributed by atoms with Gasteiger partial charge in [0.05, 0.1) is 5.56 Å². The van der Waals surface area contributed by atoms with Crippen LogP contribution in [0.15, 0.2) is 24.4 Å². The van der Waals surface area contributed by atoms with Crippen LogP contribution in [0.3, 0.4) is 0 Å². The van der Waals surface area contributed by atoms with Gasteiger partial charge in [-0.25, -0.2) is 0 Å². The topological polar surface area (TPSA) is 93.7 Å². The fourth-order valence-electron chi connectivity index (χ4n) is 4.56. The molecule has 2 atom stereocenters. The van der Waals surface area contributed by atoms with Crippen LogP contribution in [0.5, 0.6) is 5.75 Å². The maximum absolute atomic E-state index is 12.9. The molecule has 2 aliphatic heterocycles. The van der Waals surface area contributed by atoms with E-state index in [2.05, 4.69) is 21.7 Å². The number of alkyl halides is 2. The molecular weight excluding hydrogens is 479 g/mol. The summed E-state index contributed by atoms with van der Waals surface area (Å²) in [6, 6.07) is 4.01. The summed E-state index contributed by atoms with van der Waals surface area (Å²) < 4.78 is 31.5. The highest BCUT2D eigenvalue weighted by Crippen LogP contribution is 2.35. The van der Waals surface area contributed by atoms with Gasteiger partial charge in [0.2, 0.25) is 5.91 Å². The summed E-state index contributed by atoms with van der Waals surface area (Å²) in [7, 11) is 0. The van der Waals surface area contributed by atoms with Gasteiger partial charge in [-0.05, 0) is 36.6 Å². The third kappa shape index (κ3) is 5.39. The van der Waals surface area contributed by atoms with Gasteiger partial charge in [0.15, 0.2) is 0 Å². The molecule has 2 amide bonds. The summed E-state index contributed by atoms with van der Waals surface area (Å²) in [6.45, 7) is 3.34. The highest BCUT2D eigenvalue weighted by molar-refractivity contribution is 6.31. The maximum atomic E-state index is 12.9. The first-order chi connectivity index (χ1) is 15.2. The predicted octanol–water partition coefficient (Wildman–Crippen LogP) is 2.74. The van der Waals surface area contributed by atoms with Gasteiger partial charge in [-0.2, -0.15) is 13.9 Å². The number of hydrogen-bond acceptors (Lipinski definition) is 5. The molecule has 2 aliphatic rings. The summed E-state index contributed by atoms with van der Waals surface area (Å²) >= 11 is 6.02. The average Bonchev–Trinajstić information content (AvgIpc) is 3.41. The number of nitrogens with zero attached hydrogens (tertiary/aromatic N) is 4. The van der Waals surface area contributed by atoms with Crippen molar-refractivity contribution in [2.45, 2.75) is 20.1 Å². The molecule has 2 saturated heterocycles. The van der Waals surface area contributed by atoms with Crippen LogP contribution in [0.4, 0.5) is 8.78 Å². The van der Waals surface area contributed by atoms with Crippen LogP contribution in [0, 0.1) is 11.8 Å². The summed E-state index contributed by atoms with van der Waals surface area (Å²) in [4.78, 5) is 29.1. The highest BCUT2D eigenvalue weighted by Gasteiger charge is 2.41. The number of primary amides is 1. The molecule has 0 bridgehead atoms. The molecular formula is C21H25Cl2F2N5O3. The zero-order chi connectivity index (χ0) is 23.0. The van der Waals surface area contributed by atoms with Crippen LogP contribution in [0.25, 0.3) is 11.3 Å². The number of likely N-dealkylation sites (tertiary alicyclic amines) is 2. The minimum Gasteiger partial charge on any atom is -0.434 e. The average molecular weight is 504 g/mol. The van der Waals surface area contributed by atoms with Crippen LogP contribution < -0.4 is 10.5 Å². The van der Waals surface area contributed by atoms with Crippen molar-refractivity contribution >= 4 is 35.8 Å². The normalized spacial score (nSPS) is 20.1. The van der Waals surface area contributed by atoms with E-state index in [1.807, 2.05) is 4.90 Å². The number of fused-ring (bicyclic) bond motifs is 1. The predicted molar refractivity (Wildman–Crippen MR) is 121 cm³/mol. The zero-order valence-electron chi connectivity index (χ0n) is 17.9. The van der Waals surface area contributed by atoms with Gasteiger partial charge in [-0.1, -0.05) is 18.5 Å². The van der Waals surface area contributed by atoms with Gasteiger partial charge in [0.1, 0.15) is 18.0 Å². The molecule has 3 heterocycles. The Morgan fingerprint density at radius 3 is 2.48 bits per heavy atom. The largest absolute Gasteiger partial charge is 0.434 e. The van der Waals surface area contributed by atoms with Gasteiger partial charge in [0, 0.05) is 43.0 Å². The highest BCUT2D eigenvalue weighted by atomic mass is 35.5. The lowest BCUT2D eigenvalue weighted by Gasteiger charge is -2.20. The zero-order valence-corrected chi connectivity index (χ0v) is 19.5. The molecule has 0 spiro atoms. The standard InChI is InChI=1S/C21H24ClF2N5O3.ClH/c1-2-27-6-12-8-28(9-13(12)7-27)18(30)11-29-10-16(20(25)31)19(26-29)15-5-14(22)3-4-17(15)32-21(23)24;/h3-5,10,12-13,21H,2,6-9,11H2,1H3,(H2,25,31);1H. The van der Waals surface area contributed by atoms with Gasteiger partial charge in [0.25, 0.3) is 5.91 Å². The molecule has 2 aromatic rings. The van der Waals surface area contributed by atoms with Crippen molar-refractivity contribution in [1.82, 2.24) is 19.6 Å². The van der Waals surface area contributed by atoms with E-state index in [0.29, 0.717) is 24.9 Å². The number of ether oxygens (including phenoxy) is 1. The molecule has 180 valence electrons. The van der Waals surface area contributed by atoms with Gasteiger partial charge in [-0.15, -0.1) is 12.4 Å². The number of carbonyl (C=O) groups excluding carboxylic acids is 2. The summed E-state index contributed by atoms with van der Waals surface area (Å²) in [5, 5.41) is 4.54. The molecule has 0 aliphatic carbocycles. The second kappa shape index (κ2) is 10.2. The van der Waals surface area contributed by atoms with Crippen molar-refractivity contribution in [3.05, 3.63) is 35.0 Å². The third-order valence-corrected chi connectivity index (χ3v) is 6.33. The second-order valence-corrected chi connectivity index (χ2v) is 8.58. The van der Waals surface area contributed by atoms with Gasteiger partial charge in [-0.3, -0.25) is 14.3 Å². The van der Waals surface area contributed by atoms with Crippen molar-refractivity contribution in [2.75, 3.05) is 32.7 Å². The van der Waals surface area contributed by atoms with Crippen LogP contribution in [0.2, 0.25) is 5.02 Å². The van der Waals surface area contributed by atoms with Crippen molar-refractivity contribution < 1.29 is 23.1 Å². The van der Waals surface area contributed by atoms with E-state index in [4.69, 9.17) is 17.3 Å². The summed E-state index contributed by atoms with van der Waals surface area (Å²) in [5.74, 6) is -0.196. The minimum atomic E-state index is -3.08. The molecule has 0 saturated carbocycles. The van der Waals surface area contributed by atoms with Crippen molar-refractivity contribution in [3.8, 4) is 17.0 Å². The molecule has 1 aromatic heterocycles. The van der Waals surface area contributed by atoms with E-state index in [-0.39, 0.29) is 52.5 Å². The first kappa shape index (κ1) is 25.2. The van der Waals surface area contributed by atoms with E-state index in [1.54, 1.807) is 0 Å². The molecule has 2 N–H and O–H groups in total. The molecule has 8 nitrogen and oxygen atoms in total. The number of aromatic nitrogens is 2. The Kier molecular flexibility index (Phi) is 7.81. The molecule has 33 heavy (non-hydrogen) atoms. The van der Waals surface area contributed by atoms with E-state index in [1.165, 1.54) is 29.1 Å². The Morgan fingerprint density at radius 2 is 1.91 bits per heavy atom. The number of halogens is 4.